The summed E-state index contributed by atoms with van der Waals surface area (Å²) in [6.07, 6.45) is 2.04. The van der Waals surface area contributed by atoms with Crippen molar-refractivity contribution in [2.45, 2.75) is 25.7 Å². The van der Waals surface area contributed by atoms with Gasteiger partial charge in [0.25, 0.3) is 0 Å². The predicted octanol–water partition coefficient (Wildman–Crippen LogP) is 1.39. The average molecular weight is 302 g/mol. The Labute approximate surface area is 118 Å². The summed E-state index contributed by atoms with van der Waals surface area (Å²) in [6.45, 7) is 0. The van der Waals surface area contributed by atoms with Crippen LogP contribution in [0.4, 0.5) is 0 Å². The van der Waals surface area contributed by atoms with Crippen molar-refractivity contribution >= 4 is 23.9 Å². The molecule has 116 valence electrons. The van der Waals surface area contributed by atoms with E-state index in [4.69, 9.17) is 20.4 Å². The van der Waals surface area contributed by atoms with Crippen LogP contribution in [0.25, 0.3) is 0 Å². The molecule has 0 aromatic carbocycles. The second-order valence-electron chi connectivity index (χ2n) is 3.77. The maximum atomic E-state index is 10.3. The lowest BCUT2D eigenvalue weighted by molar-refractivity contribution is -0.139. The fourth-order valence-corrected chi connectivity index (χ4v) is 1.20. The van der Waals surface area contributed by atoms with Crippen molar-refractivity contribution in [3.8, 4) is 0 Å². The van der Waals surface area contributed by atoms with E-state index >= 15 is 0 Å². The fourth-order valence-electron chi connectivity index (χ4n) is 1.20. The zero-order chi connectivity index (χ0) is 16.4. The van der Waals surface area contributed by atoms with Crippen LogP contribution in [0.15, 0.2) is 16.7 Å². The van der Waals surface area contributed by atoms with Gasteiger partial charge in [0, 0.05) is 12.8 Å². The van der Waals surface area contributed by atoms with Crippen molar-refractivity contribution < 1.29 is 44.0 Å². The van der Waals surface area contributed by atoms with Gasteiger partial charge in [-0.1, -0.05) is 0 Å². The lowest BCUT2D eigenvalue weighted by atomic mass is 10.2. The maximum Gasteiger partial charge on any atom is 0.372 e. The Morgan fingerprint density at radius 1 is 0.857 bits per heavy atom. The standard InChI is InChI=1S/C6H4O5.C6H10O4/c7-5(8)3-1-2-11-4(3)6(9)10;7-5(8)3-1-2-4-6(9)10/h1-2H,(H,7,8)(H,9,10);1-4H2,(H,7,8)(H,9,10). The molecule has 0 spiro atoms. The van der Waals surface area contributed by atoms with Gasteiger partial charge in [0.05, 0.1) is 6.26 Å². The summed E-state index contributed by atoms with van der Waals surface area (Å²) >= 11 is 0. The molecule has 1 aromatic rings. The first kappa shape index (κ1) is 18.2. The second kappa shape index (κ2) is 9.13. The van der Waals surface area contributed by atoms with E-state index in [1.165, 1.54) is 0 Å². The van der Waals surface area contributed by atoms with Crippen LogP contribution in [0, 0.1) is 0 Å². The van der Waals surface area contributed by atoms with Crippen LogP contribution < -0.4 is 0 Å². The molecule has 9 nitrogen and oxygen atoms in total. The Kier molecular flexibility index (Phi) is 7.89. The molecule has 4 N–H and O–H groups in total. The highest BCUT2D eigenvalue weighted by atomic mass is 16.4. The van der Waals surface area contributed by atoms with Gasteiger partial charge in [0.1, 0.15) is 5.56 Å². The third-order valence-corrected chi connectivity index (χ3v) is 2.12. The largest absolute Gasteiger partial charge is 0.481 e. The number of aromatic carboxylic acids is 2. The third-order valence-electron chi connectivity index (χ3n) is 2.12. The molecule has 9 heteroatoms. The van der Waals surface area contributed by atoms with E-state index < -0.39 is 29.6 Å². The van der Waals surface area contributed by atoms with Gasteiger partial charge >= 0.3 is 23.9 Å². The molecule has 0 unspecified atom stereocenters. The number of carboxylic acid groups (broad SMARTS) is 4. The van der Waals surface area contributed by atoms with Gasteiger partial charge in [-0.15, -0.1) is 0 Å². The predicted molar refractivity (Wildman–Crippen MR) is 66.4 cm³/mol. The number of rotatable bonds is 7. The summed E-state index contributed by atoms with van der Waals surface area (Å²) < 4.78 is 4.41. The summed E-state index contributed by atoms with van der Waals surface area (Å²) in [4.78, 5) is 40.3. The topological polar surface area (TPSA) is 162 Å². The van der Waals surface area contributed by atoms with E-state index in [-0.39, 0.29) is 18.4 Å². The molecule has 0 fully saturated rings. The molecule has 0 aliphatic heterocycles. The molecule has 0 aliphatic rings. The van der Waals surface area contributed by atoms with Gasteiger partial charge in [-0.25, -0.2) is 9.59 Å². The Bertz CT molecular complexity index is 470. The molecule has 0 amide bonds. The molecule has 0 saturated heterocycles. The van der Waals surface area contributed by atoms with E-state index in [1.807, 2.05) is 0 Å². The maximum absolute atomic E-state index is 10.3. The molecule has 1 rings (SSSR count). The van der Waals surface area contributed by atoms with Crippen LogP contribution in [0.1, 0.15) is 46.6 Å². The Balaban J connectivity index is 0.000000384. The summed E-state index contributed by atoms with van der Waals surface area (Å²) in [5, 5.41) is 33.0. The zero-order valence-electron chi connectivity index (χ0n) is 10.8. The summed E-state index contributed by atoms with van der Waals surface area (Å²) in [5.74, 6) is -4.98. The highest BCUT2D eigenvalue weighted by Gasteiger charge is 2.18. The Hall–Kier alpha value is -2.84. The van der Waals surface area contributed by atoms with Crippen molar-refractivity contribution in [2.75, 3.05) is 0 Å². The van der Waals surface area contributed by atoms with Crippen molar-refractivity contribution in [2.24, 2.45) is 0 Å². The SMILES string of the molecule is O=C(O)CCCCC(=O)O.O=C(O)c1ccoc1C(=O)O. The number of furan rings is 1. The van der Waals surface area contributed by atoms with Crippen LogP contribution in [0.2, 0.25) is 0 Å². The Morgan fingerprint density at radius 3 is 1.62 bits per heavy atom. The van der Waals surface area contributed by atoms with Crippen molar-refractivity contribution in [3.05, 3.63) is 23.7 Å². The molecular weight excluding hydrogens is 288 g/mol. The summed E-state index contributed by atoms with van der Waals surface area (Å²) in [5.41, 5.74) is -0.336. The first-order valence-corrected chi connectivity index (χ1v) is 5.73. The van der Waals surface area contributed by atoms with Gasteiger partial charge in [0.15, 0.2) is 0 Å². The van der Waals surface area contributed by atoms with Crippen LogP contribution in [0.5, 0.6) is 0 Å². The summed E-state index contributed by atoms with van der Waals surface area (Å²) in [6, 6.07) is 1.09. The number of unbranched alkanes of at least 4 members (excludes halogenated alkanes) is 1. The lowest BCUT2D eigenvalue weighted by Crippen LogP contribution is -2.03. The number of hydrogen-bond acceptors (Lipinski definition) is 5. The van der Waals surface area contributed by atoms with Crippen LogP contribution >= 0.6 is 0 Å². The van der Waals surface area contributed by atoms with Gasteiger partial charge in [0.2, 0.25) is 5.76 Å². The van der Waals surface area contributed by atoms with E-state index in [2.05, 4.69) is 4.42 Å². The van der Waals surface area contributed by atoms with E-state index in [0.29, 0.717) is 12.8 Å². The van der Waals surface area contributed by atoms with Crippen molar-refractivity contribution in [1.29, 1.82) is 0 Å². The van der Waals surface area contributed by atoms with Crippen LogP contribution in [-0.4, -0.2) is 44.3 Å². The normalized spacial score (nSPS) is 9.33. The zero-order valence-corrected chi connectivity index (χ0v) is 10.8. The fraction of sp³-hybridized carbons (Fsp3) is 0.333. The second-order valence-corrected chi connectivity index (χ2v) is 3.77. The minimum Gasteiger partial charge on any atom is -0.481 e. The summed E-state index contributed by atoms with van der Waals surface area (Å²) in [7, 11) is 0. The molecule has 0 atom stereocenters. The van der Waals surface area contributed by atoms with Crippen molar-refractivity contribution in [1.82, 2.24) is 0 Å². The van der Waals surface area contributed by atoms with Gasteiger partial charge in [-0.05, 0) is 18.9 Å². The van der Waals surface area contributed by atoms with Crippen LogP contribution in [-0.2, 0) is 9.59 Å². The average Bonchev–Trinajstić information content (AvgIpc) is 2.84. The molecule has 0 saturated carbocycles. The first-order valence-electron chi connectivity index (χ1n) is 5.73. The Morgan fingerprint density at radius 2 is 1.33 bits per heavy atom. The first-order chi connectivity index (χ1) is 9.75. The van der Waals surface area contributed by atoms with Crippen molar-refractivity contribution in [3.63, 3.8) is 0 Å². The van der Waals surface area contributed by atoms with Gasteiger partial charge < -0.3 is 24.8 Å². The molecule has 0 aliphatic carbocycles. The number of aliphatic carboxylic acids is 2. The van der Waals surface area contributed by atoms with Gasteiger partial charge in [-0.3, -0.25) is 9.59 Å². The quantitative estimate of drug-likeness (QED) is 0.545. The van der Waals surface area contributed by atoms with Gasteiger partial charge in [-0.2, -0.15) is 0 Å². The molecule has 0 radical (unpaired) electrons. The van der Waals surface area contributed by atoms with Crippen LogP contribution in [0.3, 0.4) is 0 Å². The third kappa shape index (κ3) is 8.03. The van der Waals surface area contributed by atoms with E-state index in [0.717, 1.165) is 12.3 Å². The smallest absolute Gasteiger partial charge is 0.372 e. The lowest BCUT2D eigenvalue weighted by Gasteiger charge is -1.92. The van der Waals surface area contributed by atoms with E-state index in [1.54, 1.807) is 0 Å². The number of hydrogen-bond donors (Lipinski definition) is 4. The number of carboxylic acids is 4. The molecule has 21 heavy (non-hydrogen) atoms. The van der Waals surface area contributed by atoms with E-state index in [9.17, 15) is 19.2 Å². The highest BCUT2D eigenvalue weighted by Crippen LogP contribution is 2.09. The molecular formula is C12H14O9. The molecule has 1 aromatic heterocycles. The monoisotopic (exact) mass is 302 g/mol. The minimum atomic E-state index is -1.38. The molecule has 1 heterocycles. The number of carbonyl (C=O) groups is 4. The molecule has 0 bridgehead atoms. The minimum absolute atomic E-state index is 0.0628. The highest BCUT2D eigenvalue weighted by molar-refractivity contribution is 5.99.